The van der Waals surface area contributed by atoms with Crippen molar-refractivity contribution in [1.29, 1.82) is 0 Å². The largest absolute Gasteiger partial charge is 0.497 e. The highest BCUT2D eigenvalue weighted by Gasteiger charge is 2.29. The molecule has 32 heavy (non-hydrogen) atoms. The third kappa shape index (κ3) is 4.82. The summed E-state index contributed by atoms with van der Waals surface area (Å²) >= 11 is 0. The Kier molecular flexibility index (Phi) is 6.53. The van der Waals surface area contributed by atoms with Crippen LogP contribution in [0.4, 0.5) is 11.4 Å². The van der Waals surface area contributed by atoms with Crippen LogP contribution in [-0.4, -0.2) is 62.7 Å². The molecule has 1 fully saturated rings. The molecule has 0 spiro atoms. The summed E-state index contributed by atoms with van der Waals surface area (Å²) in [6.45, 7) is 7.33. The third-order valence-electron chi connectivity index (χ3n) is 6.10. The lowest BCUT2D eigenvalue weighted by atomic mass is 10.1. The number of aryl methyl sites for hydroxylation is 1. The van der Waals surface area contributed by atoms with E-state index >= 15 is 0 Å². The van der Waals surface area contributed by atoms with Crippen molar-refractivity contribution in [2.75, 3.05) is 49.6 Å². The molecule has 7 heteroatoms. The number of piperazine rings is 1. The Morgan fingerprint density at radius 3 is 2.38 bits per heavy atom. The molecule has 2 amide bonds. The van der Waals surface area contributed by atoms with Crippen LogP contribution >= 0.6 is 0 Å². The average molecular weight is 438 g/mol. The zero-order valence-electron chi connectivity index (χ0n) is 19.0. The van der Waals surface area contributed by atoms with Gasteiger partial charge >= 0.3 is 0 Å². The summed E-state index contributed by atoms with van der Waals surface area (Å²) in [5.41, 5.74) is 3.00. The van der Waals surface area contributed by atoms with Crippen LogP contribution in [0.3, 0.4) is 0 Å². The molecule has 0 unspecified atom stereocenters. The highest BCUT2D eigenvalue weighted by atomic mass is 16.5. The van der Waals surface area contributed by atoms with Crippen LogP contribution in [0.1, 0.15) is 25.3 Å². The van der Waals surface area contributed by atoms with E-state index in [2.05, 4.69) is 4.90 Å². The van der Waals surface area contributed by atoms with Gasteiger partial charge in [-0.15, -0.1) is 0 Å². The summed E-state index contributed by atoms with van der Waals surface area (Å²) in [6, 6.07) is 13.8. The molecule has 0 aliphatic carbocycles. The quantitative estimate of drug-likeness (QED) is 0.719. The van der Waals surface area contributed by atoms with Gasteiger partial charge in [-0.25, -0.2) is 0 Å². The van der Waals surface area contributed by atoms with Gasteiger partial charge in [0.05, 0.1) is 19.3 Å². The minimum Gasteiger partial charge on any atom is -0.497 e. The monoisotopic (exact) mass is 437 g/mol. The zero-order chi connectivity index (χ0) is 22.7. The number of anilines is 2. The summed E-state index contributed by atoms with van der Waals surface area (Å²) in [4.78, 5) is 31.7. The molecule has 170 valence electrons. The molecule has 2 heterocycles. The van der Waals surface area contributed by atoms with Crippen LogP contribution in [0.25, 0.3) is 0 Å². The second kappa shape index (κ2) is 9.51. The lowest BCUT2D eigenvalue weighted by Gasteiger charge is -2.36. The van der Waals surface area contributed by atoms with E-state index in [0.717, 1.165) is 41.5 Å². The Morgan fingerprint density at radius 2 is 1.69 bits per heavy atom. The number of methoxy groups -OCH3 is 1. The summed E-state index contributed by atoms with van der Waals surface area (Å²) in [6.07, 6.45) is 0.363. The smallest absolute Gasteiger partial charge is 0.227 e. The number of benzene rings is 2. The van der Waals surface area contributed by atoms with Crippen LogP contribution in [0, 0.1) is 6.92 Å². The molecule has 4 rings (SSSR count). The lowest BCUT2D eigenvalue weighted by molar-refractivity contribution is -0.133. The molecule has 2 aliphatic rings. The highest BCUT2D eigenvalue weighted by Crippen LogP contribution is 2.34. The van der Waals surface area contributed by atoms with Gasteiger partial charge in [-0.1, -0.05) is 6.07 Å². The molecule has 0 radical (unpaired) electrons. The number of hydrogen-bond donors (Lipinski definition) is 0. The summed E-state index contributed by atoms with van der Waals surface area (Å²) in [5, 5.41) is 0. The Labute approximate surface area is 189 Å². The van der Waals surface area contributed by atoms with Crippen LogP contribution in [0.2, 0.25) is 0 Å². The first-order valence-corrected chi connectivity index (χ1v) is 11.2. The molecule has 0 bridgehead atoms. The van der Waals surface area contributed by atoms with Crippen LogP contribution in [0.15, 0.2) is 42.5 Å². The molecule has 0 aromatic heterocycles. The molecule has 2 aliphatic heterocycles. The van der Waals surface area contributed by atoms with Crippen LogP contribution < -0.4 is 19.3 Å². The maximum absolute atomic E-state index is 13.0. The predicted octanol–water partition coefficient (Wildman–Crippen LogP) is 3.25. The average Bonchev–Trinajstić information content (AvgIpc) is 2.82. The second-order valence-corrected chi connectivity index (χ2v) is 8.47. The van der Waals surface area contributed by atoms with E-state index in [0.29, 0.717) is 19.6 Å². The molecule has 0 saturated carbocycles. The molecule has 0 N–H and O–H groups in total. The normalized spacial score (nSPS) is 18.1. The van der Waals surface area contributed by atoms with Gasteiger partial charge in [-0.05, 0) is 55.8 Å². The Hall–Kier alpha value is -3.22. The highest BCUT2D eigenvalue weighted by molar-refractivity contribution is 5.97. The molecule has 2 aromatic carbocycles. The molecule has 1 atom stereocenters. The topological polar surface area (TPSA) is 62.3 Å². The van der Waals surface area contributed by atoms with E-state index in [1.807, 2.05) is 61.2 Å². The lowest BCUT2D eigenvalue weighted by Crippen LogP contribution is -2.49. The zero-order valence-corrected chi connectivity index (χ0v) is 19.0. The van der Waals surface area contributed by atoms with Crippen molar-refractivity contribution in [3.05, 3.63) is 48.0 Å². The summed E-state index contributed by atoms with van der Waals surface area (Å²) in [5.74, 6) is 1.57. The van der Waals surface area contributed by atoms with Gasteiger partial charge in [-0.3, -0.25) is 9.59 Å². The number of carbonyl (C=O) groups excluding carboxylic acids is 2. The molecule has 2 aromatic rings. The van der Waals surface area contributed by atoms with Crippen molar-refractivity contribution >= 4 is 23.2 Å². The van der Waals surface area contributed by atoms with E-state index in [9.17, 15) is 9.59 Å². The first kappa shape index (κ1) is 22.0. The minimum atomic E-state index is -0.0733. The van der Waals surface area contributed by atoms with Gasteiger partial charge in [0.1, 0.15) is 17.6 Å². The summed E-state index contributed by atoms with van der Waals surface area (Å²) in [7, 11) is 1.66. The number of nitrogens with zero attached hydrogens (tertiary/aromatic N) is 3. The fourth-order valence-electron chi connectivity index (χ4n) is 4.30. The van der Waals surface area contributed by atoms with E-state index in [4.69, 9.17) is 9.47 Å². The Balaban J connectivity index is 1.30. The van der Waals surface area contributed by atoms with Crippen molar-refractivity contribution < 1.29 is 19.1 Å². The second-order valence-electron chi connectivity index (χ2n) is 8.47. The van der Waals surface area contributed by atoms with E-state index in [-0.39, 0.29) is 30.8 Å². The van der Waals surface area contributed by atoms with Crippen molar-refractivity contribution in [2.24, 2.45) is 0 Å². The van der Waals surface area contributed by atoms with E-state index in [1.54, 1.807) is 12.0 Å². The Bertz CT molecular complexity index is 968. The number of rotatable bonds is 5. The predicted molar refractivity (Wildman–Crippen MR) is 125 cm³/mol. The molecule has 7 nitrogen and oxygen atoms in total. The van der Waals surface area contributed by atoms with E-state index < -0.39 is 0 Å². The fraction of sp³-hybridized carbons (Fsp3) is 0.440. The number of fused-ring (bicyclic) bond motifs is 1. The van der Waals surface area contributed by atoms with Gasteiger partial charge < -0.3 is 24.2 Å². The van der Waals surface area contributed by atoms with Crippen molar-refractivity contribution in [3.8, 4) is 11.5 Å². The molecular formula is C25H31N3O4. The minimum absolute atomic E-state index is 0.0304. The first-order valence-electron chi connectivity index (χ1n) is 11.2. The summed E-state index contributed by atoms with van der Waals surface area (Å²) < 4.78 is 11.1. The number of ether oxygens (including phenoxy) is 2. The fourth-order valence-corrected chi connectivity index (χ4v) is 4.30. The standard InChI is InChI=1S/C25H31N3O4/c1-18-4-9-23-22(16-18)28(17-19(2)32-23)25(30)11-10-24(29)27-14-12-26(13-15-27)20-5-7-21(31-3)8-6-20/h4-9,16,19H,10-15,17H2,1-3H3/t19-/m1/s1. The number of carbonyl (C=O) groups is 2. The van der Waals surface area contributed by atoms with E-state index in [1.165, 1.54) is 0 Å². The van der Waals surface area contributed by atoms with Crippen molar-refractivity contribution in [1.82, 2.24) is 4.90 Å². The van der Waals surface area contributed by atoms with Gasteiger partial charge in [-0.2, -0.15) is 0 Å². The van der Waals surface area contributed by atoms with Gasteiger partial charge in [0.15, 0.2) is 0 Å². The first-order chi connectivity index (χ1) is 15.4. The Morgan fingerprint density at radius 1 is 1.00 bits per heavy atom. The number of amides is 2. The van der Waals surface area contributed by atoms with Crippen LogP contribution in [0.5, 0.6) is 11.5 Å². The maximum atomic E-state index is 13.0. The van der Waals surface area contributed by atoms with Crippen molar-refractivity contribution in [2.45, 2.75) is 32.8 Å². The van der Waals surface area contributed by atoms with Crippen LogP contribution in [-0.2, 0) is 9.59 Å². The van der Waals surface area contributed by atoms with Gasteiger partial charge in [0, 0.05) is 44.7 Å². The SMILES string of the molecule is COc1ccc(N2CCN(C(=O)CCC(=O)N3C[C@@H](C)Oc4ccc(C)cc43)CC2)cc1. The van der Waals surface area contributed by atoms with Crippen molar-refractivity contribution in [3.63, 3.8) is 0 Å². The van der Waals surface area contributed by atoms with Gasteiger partial charge in [0.25, 0.3) is 0 Å². The van der Waals surface area contributed by atoms with Gasteiger partial charge in [0.2, 0.25) is 11.8 Å². The molecule has 1 saturated heterocycles. The maximum Gasteiger partial charge on any atom is 0.227 e. The number of hydrogen-bond acceptors (Lipinski definition) is 5. The third-order valence-corrected chi connectivity index (χ3v) is 6.10. The molecular weight excluding hydrogens is 406 g/mol.